The molecule has 3 N–H and O–H groups in total. The van der Waals surface area contributed by atoms with E-state index >= 15 is 0 Å². The first-order valence-corrected chi connectivity index (χ1v) is 7.10. The Morgan fingerprint density at radius 1 is 1.24 bits per heavy atom. The Bertz CT molecular complexity index is 609. The predicted molar refractivity (Wildman–Crippen MR) is 86.1 cm³/mol. The first kappa shape index (κ1) is 15.0. The lowest BCUT2D eigenvalue weighted by Gasteiger charge is -2.24. The fourth-order valence-corrected chi connectivity index (χ4v) is 2.15. The highest BCUT2D eigenvalue weighted by atomic mass is 15.2. The van der Waals surface area contributed by atoms with E-state index in [1.165, 1.54) is 0 Å². The van der Waals surface area contributed by atoms with E-state index in [-0.39, 0.29) is 5.84 Å². The largest absolute Gasteiger partial charge is 0.388 e. The SMILES string of the molecule is CCc1cc(N(CCC(=N)N)c2ccccc2)nc(C)n1. The molecule has 5 nitrogen and oxygen atoms in total. The lowest BCUT2D eigenvalue weighted by molar-refractivity contribution is 0.888. The molecule has 1 aromatic carbocycles. The minimum absolute atomic E-state index is 0.178. The van der Waals surface area contributed by atoms with Crippen molar-refractivity contribution in [1.29, 1.82) is 5.41 Å². The van der Waals surface area contributed by atoms with Crippen LogP contribution in [0.5, 0.6) is 0 Å². The van der Waals surface area contributed by atoms with Gasteiger partial charge in [-0.25, -0.2) is 9.97 Å². The maximum atomic E-state index is 7.45. The zero-order chi connectivity index (χ0) is 15.2. The number of amidine groups is 1. The van der Waals surface area contributed by atoms with Crippen molar-refractivity contribution < 1.29 is 0 Å². The standard InChI is InChI=1S/C16H21N5/c1-3-13-11-16(20-12(2)19-13)21(10-9-15(17)18)14-7-5-4-6-8-14/h4-8,11H,3,9-10H2,1-2H3,(H3,17,18). The Morgan fingerprint density at radius 3 is 2.57 bits per heavy atom. The van der Waals surface area contributed by atoms with Crippen LogP contribution in [0.25, 0.3) is 0 Å². The molecule has 110 valence electrons. The topological polar surface area (TPSA) is 78.9 Å². The molecule has 0 saturated heterocycles. The summed E-state index contributed by atoms with van der Waals surface area (Å²) in [6.07, 6.45) is 1.37. The predicted octanol–water partition coefficient (Wildman–Crippen LogP) is 2.81. The summed E-state index contributed by atoms with van der Waals surface area (Å²) in [4.78, 5) is 11.0. The van der Waals surface area contributed by atoms with Gasteiger partial charge in [-0.1, -0.05) is 25.1 Å². The second-order valence-corrected chi connectivity index (χ2v) is 4.88. The maximum Gasteiger partial charge on any atom is 0.136 e. The van der Waals surface area contributed by atoms with Crippen LogP contribution in [0.1, 0.15) is 24.9 Å². The molecule has 0 spiro atoms. The van der Waals surface area contributed by atoms with Gasteiger partial charge in [-0.2, -0.15) is 0 Å². The number of hydrogen-bond acceptors (Lipinski definition) is 4. The number of hydrogen-bond donors (Lipinski definition) is 2. The molecule has 1 heterocycles. The number of nitrogens with two attached hydrogens (primary N) is 1. The molecule has 0 aliphatic rings. The number of anilines is 2. The number of aromatic nitrogens is 2. The average Bonchev–Trinajstić information content (AvgIpc) is 2.47. The Morgan fingerprint density at radius 2 is 1.95 bits per heavy atom. The lowest BCUT2D eigenvalue weighted by Crippen LogP contribution is -2.24. The normalized spacial score (nSPS) is 10.4. The molecule has 2 aromatic rings. The van der Waals surface area contributed by atoms with Gasteiger partial charge in [0, 0.05) is 30.4 Å². The van der Waals surface area contributed by atoms with E-state index in [1.54, 1.807) is 0 Å². The molecule has 0 aliphatic heterocycles. The Balaban J connectivity index is 2.39. The molecule has 0 aliphatic carbocycles. The highest BCUT2D eigenvalue weighted by molar-refractivity contribution is 5.78. The number of aryl methyl sites for hydroxylation is 2. The Labute approximate surface area is 125 Å². The first-order chi connectivity index (χ1) is 10.1. The van der Waals surface area contributed by atoms with Crippen LogP contribution in [-0.2, 0) is 6.42 Å². The van der Waals surface area contributed by atoms with Crippen molar-refractivity contribution in [2.24, 2.45) is 5.73 Å². The van der Waals surface area contributed by atoms with E-state index in [2.05, 4.69) is 21.8 Å². The molecule has 0 saturated carbocycles. The van der Waals surface area contributed by atoms with E-state index in [1.807, 2.05) is 43.3 Å². The smallest absolute Gasteiger partial charge is 0.136 e. The second-order valence-electron chi connectivity index (χ2n) is 4.88. The Hall–Kier alpha value is -2.43. The van der Waals surface area contributed by atoms with Gasteiger partial charge in [-0.3, -0.25) is 5.41 Å². The van der Waals surface area contributed by atoms with E-state index < -0.39 is 0 Å². The van der Waals surface area contributed by atoms with Crippen LogP contribution in [-0.4, -0.2) is 22.3 Å². The van der Waals surface area contributed by atoms with E-state index in [4.69, 9.17) is 11.1 Å². The minimum atomic E-state index is 0.178. The third-order valence-corrected chi connectivity index (χ3v) is 3.19. The highest BCUT2D eigenvalue weighted by Gasteiger charge is 2.12. The van der Waals surface area contributed by atoms with Crippen molar-refractivity contribution in [2.45, 2.75) is 26.7 Å². The van der Waals surface area contributed by atoms with Gasteiger partial charge in [-0.15, -0.1) is 0 Å². The molecule has 1 aromatic heterocycles. The molecular formula is C16H21N5. The molecule has 2 rings (SSSR count). The summed E-state index contributed by atoms with van der Waals surface area (Å²) in [5, 5.41) is 7.45. The molecule has 0 fully saturated rings. The van der Waals surface area contributed by atoms with Crippen LogP contribution in [0, 0.1) is 12.3 Å². The summed E-state index contributed by atoms with van der Waals surface area (Å²) < 4.78 is 0. The molecule has 0 amide bonds. The average molecular weight is 283 g/mol. The molecule has 0 atom stereocenters. The molecule has 21 heavy (non-hydrogen) atoms. The summed E-state index contributed by atoms with van der Waals surface area (Å²) in [6.45, 7) is 4.60. The summed E-state index contributed by atoms with van der Waals surface area (Å²) in [7, 11) is 0. The van der Waals surface area contributed by atoms with E-state index in [0.717, 1.165) is 29.4 Å². The quantitative estimate of drug-likeness (QED) is 0.631. The summed E-state index contributed by atoms with van der Waals surface area (Å²) in [5.74, 6) is 1.79. The molecule has 0 radical (unpaired) electrons. The van der Waals surface area contributed by atoms with Crippen LogP contribution in [0.2, 0.25) is 0 Å². The van der Waals surface area contributed by atoms with Crippen molar-refractivity contribution in [2.75, 3.05) is 11.4 Å². The van der Waals surface area contributed by atoms with Crippen LogP contribution in [0.15, 0.2) is 36.4 Å². The maximum absolute atomic E-state index is 7.45. The zero-order valence-corrected chi connectivity index (χ0v) is 12.5. The molecule has 5 heteroatoms. The monoisotopic (exact) mass is 283 g/mol. The van der Waals surface area contributed by atoms with Gasteiger partial charge >= 0.3 is 0 Å². The van der Waals surface area contributed by atoms with E-state index in [0.29, 0.717) is 13.0 Å². The van der Waals surface area contributed by atoms with Crippen molar-refractivity contribution in [3.8, 4) is 0 Å². The number of para-hydroxylation sites is 1. The van der Waals surface area contributed by atoms with Gasteiger partial charge in [-0.05, 0) is 25.5 Å². The lowest BCUT2D eigenvalue weighted by atomic mass is 10.2. The zero-order valence-electron chi connectivity index (χ0n) is 12.5. The van der Waals surface area contributed by atoms with Crippen LogP contribution < -0.4 is 10.6 Å². The van der Waals surface area contributed by atoms with Crippen molar-refractivity contribution in [3.05, 3.63) is 47.9 Å². The minimum Gasteiger partial charge on any atom is -0.388 e. The van der Waals surface area contributed by atoms with Gasteiger partial charge in [0.15, 0.2) is 0 Å². The summed E-state index contributed by atoms with van der Waals surface area (Å²) in [6, 6.07) is 12.0. The van der Waals surface area contributed by atoms with Gasteiger partial charge < -0.3 is 10.6 Å². The van der Waals surface area contributed by atoms with Crippen LogP contribution in [0.3, 0.4) is 0 Å². The fraction of sp³-hybridized carbons (Fsp3) is 0.312. The van der Waals surface area contributed by atoms with Gasteiger partial charge in [0.2, 0.25) is 0 Å². The molecule has 0 bridgehead atoms. The van der Waals surface area contributed by atoms with Gasteiger partial charge in [0.25, 0.3) is 0 Å². The third kappa shape index (κ3) is 4.02. The summed E-state index contributed by atoms with van der Waals surface area (Å²) >= 11 is 0. The highest BCUT2D eigenvalue weighted by Crippen LogP contribution is 2.24. The van der Waals surface area contributed by atoms with Gasteiger partial charge in [0.05, 0.1) is 5.84 Å². The van der Waals surface area contributed by atoms with Crippen molar-refractivity contribution in [1.82, 2.24) is 9.97 Å². The van der Waals surface area contributed by atoms with E-state index in [9.17, 15) is 0 Å². The second kappa shape index (κ2) is 6.83. The number of rotatable bonds is 6. The number of benzene rings is 1. The van der Waals surface area contributed by atoms with Crippen molar-refractivity contribution >= 4 is 17.3 Å². The Kier molecular flexibility index (Phi) is 4.87. The number of nitrogens with zero attached hydrogens (tertiary/aromatic N) is 3. The van der Waals surface area contributed by atoms with Crippen LogP contribution >= 0.6 is 0 Å². The fourth-order valence-electron chi connectivity index (χ4n) is 2.15. The first-order valence-electron chi connectivity index (χ1n) is 7.10. The third-order valence-electron chi connectivity index (χ3n) is 3.19. The van der Waals surface area contributed by atoms with Crippen molar-refractivity contribution in [3.63, 3.8) is 0 Å². The molecular weight excluding hydrogens is 262 g/mol. The van der Waals surface area contributed by atoms with Gasteiger partial charge in [0.1, 0.15) is 11.6 Å². The number of nitrogens with one attached hydrogen (secondary N) is 1. The molecule has 0 unspecified atom stereocenters. The summed E-state index contributed by atoms with van der Waals surface area (Å²) in [5.41, 5.74) is 7.56. The van der Waals surface area contributed by atoms with Crippen LogP contribution in [0.4, 0.5) is 11.5 Å².